The average Bonchev–Trinajstić information content (AvgIpc) is 2.47. The smallest absolute Gasteiger partial charge is 0.253 e. The van der Waals surface area contributed by atoms with Crippen molar-refractivity contribution in [2.24, 2.45) is 0 Å². The highest BCUT2D eigenvalue weighted by atomic mass is 16.5. The summed E-state index contributed by atoms with van der Waals surface area (Å²) in [6.07, 6.45) is 6.21. The largest absolute Gasteiger partial charge is 0.491 e. The molecule has 0 bridgehead atoms. The minimum absolute atomic E-state index is 0.119. The molecule has 110 valence electrons. The van der Waals surface area contributed by atoms with E-state index in [2.05, 4.69) is 0 Å². The molecule has 0 radical (unpaired) electrons. The second-order valence-electron chi connectivity index (χ2n) is 5.90. The van der Waals surface area contributed by atoms with E-state index in [9.17, 15) is 4.79 Å². The van der Waals surface area contributed by atoms with Crippen LogP contribution in [0.1, 0.15) is 56.3 Å². The van der Waals surface area contributed by atoms with Crippen LogP contribution in [0, 0.1) is 0 Å². The maximum atomic E-state index is 12.5. The summed E-state index contributed by atoms with van der Waals surface area (Å²) in [5.41, 5.74) is 0.745. The minimum atomic E-state index is 0.119. The van der Waals surface area contributed by atoms with Gasteiger partial charge in [0.15, 0.2) is 0 Å². The van der Waals surface area contributed by atoms with E-state index < -0.39 is 0 Å². The molecule has 1 fully saturated rings. The van der Waals surface area contributed by atoms with E-state index in [1.807, 2.05) is 50.1 Å². The molecular weight excluding hydrogens is 250 g/mol. The molecule has 0 saturated heterocycles. The Balaban J connectivity index is 2.00. The van der Waals surface area contributed by atoms with E-state index >= 15 is 0 Å². The summed E-state index contributed by atoms with van der Waals surface area (Å²) in [5, 5.41) is 0. The van der Waals surface area contributed by atoms with Crippen LogP contribution >= 0.6 is 0 Å². The zero-order chi connectivity index (χ0) is 14.5. The molecule has 0 spiro atoms. The molecule has 1 amide bonds. The van der Waals surface area contributed by atoms with Crippen molar-refractivity contribution in [2.75, 3.05) is 7.05 Å². The number of ether oxygens (including phenoxy) is 1. The van der Waals surface area contributed by atoms with Gasteiger partial charge < -0.3 is 9.64 Å². The predicted octanol–water partition coefficient (Wildman–Crippen LogP) is 3.88. The Morgan fingerprint density at radius 2 is 1.75 bits per heavy atom. The van der Waals surface area contributed by atoms with E-state index in [1.165, 1.54) is 19.3 Å². The zero-order valence-electron chi connectivity index (χ0n) is 12.8. The van der Waals surface area contributed by atoms with Gasteiger partial charge >= 0.3 is 0 Å². The molecule has 0 N–H and O–H groups in total. The fourth-order valence-corrected chi connectivity index (χ4v) is 2.79. The summed E-state index contributed by atoms with van der Waals surface area (Å²) in [4.78, 5) is 14.4. The van der Waals surface area contributed by atoms with Crippen LogP contribution in [0.25, 0.3) is 0 Å². The average molecular weight is 275 g/mol. The number of nitrogens with zero attached hydrogens (tertiary/aromatic N) is 1. The van der Waals surface area contributed by atoms with Gasteiger partial charge in [-0.3, -0.25) is 4.79 Å². The Bertz CT molecular complexity index is 433. The van der Waals surface area contributed by atoms with E-state index in [0.29, 0.717) is 6.04 Å². The maximum Gasteiger partial charge on any atom is 0.253 e. The van der Waals surface area contributed by atoms with E-state index in [1.54, 1.807) is 0 Å². The van der Waals surface area contributed by atoms with Crippen LogP contribution in [0.5, 0.6) is 5.75 Å². The fraction of sp³-hybridized carbons (Fsp3) is 0.588. The van der Waals surface area contributed by atoms with E-state index in [4.69, 9.17) is 4.74 Å². The maximum absolute atomic E-state index is 12.5. The Morgan fingerprint density at radius 3 is 2.30 bits per heavy atom. The second kappa shape index (κ2) is 6.78. The lowest BCUT2D eigenvalue weighted by atomic mass is 9.94. The van der Waals surface area contributed by atoms with Crippen LogP contribution in [-0.2, 0) is 0 Å². The SMILES string of the molecule is CC(C)Oc1ccc(C(=O)N(C)C2CCCCC2)cc1. The molecule has 0 atom stereocenters. The summed E-state index contributed by atoms with van der Waals surface area (Å²) < 4.78 is 5.60. The van der Waals surface area contributed by atoms with Crippen molar-refractivity contribution in [2.45, 2.75) is 58.1 Å². The van der Waals surface area contributed by atoms with Crippen molar-refractivity contribution in [1.29, 1.82) is 0 Å². The first-order chi connectivity index (χ1) is 9.58. The molecule has 0 aliphatic heterocycles. The number of carbonyl (C=O) groups is 1. The molecule has 1 aliphatic carbocycles. The van der Waals surface area contributed by atoms with Gasteiger partial charge in [0.25, 0.3) is 5.91 Å². The highest BCUT2D eigenvalue weighted by Crippen LogP contribution is 2.23. The third-order valence-electron chi connectivity index (χ3n) is 3.92. The molecule has 1 saturated carbocycles. The quantitative estimate of drug-likeness (QED) is 0.834. The Morgan fingerprint density at radius 1 is 1.15 bits per heavy atom. The standard InChI is InChI=1S/C17H25NO2/c1-13(2)20-16-11-9-14(10-12-16)17(19)18(3)15-7-5-4-6-8-15/h9-13,15H,4-8H2,1-3H3. The Hall–Kier alpha value is -1.51. The summed E-state index contributed by atoms with van der Waals surface area (Å²) in [6.45, 7) is 3.99. The van der Waals surface area contributed by atoms with E-state index in [-0.39, 0.29) is 12.0 Å². The summed E-state index contributed by atoms with van der Waals surface area (Å²) in [5.74, 6) is 0.935. The lowest BCUT2D eigenvalue weighted by Gasteiger charge is -2.31. The van der Waals surface area contributed by atoms with Crippen molar-refractivity contribution in [3.8, 4) is 5.75 Å². The number of hydrogen-bond acceptors (Lipinski definition) is 2. The Labute approximate surface area is 121 Å². The first kappa shape index (κ1) is 14.9. The molecule has 1 aromatic carbocycles. The molecule has 0 unspecified atom stereocenters. The second-order valence-corrected chi connectivity index (χ2v) is 5.90. The predicted molar refractivity (Wildman–Crippen MR) is 81.2 cm³/mol. The monoisotopic (exact) mass is 275 g/mol. The number of hydrogen-bond donors (Lipinski definition) is 0. The molecule has 3 heteroatoms. The van der Waals surface area contributed by atoms with Crippen LogP contribution < -0.4 is 4.74 Å². The first-order valence-corrected chi connectivity index (χ1v) is 7.62. The summed E-state index contributed by atoms with van der Waals surface area (Å²) >= 11 is 0. The topological polar surface area (TPSA) is 29.5 Å². The van der Waals surface area contributed by atoms with Gasteiger partial charge in [0.2, 0.25) is 0 Å². The van der Waals surface area contributed by atoms with Gasteiger partial charge in [-0.2, -0.15) is 0 Å². The highest BCUT2D eigenvalue weighted by molar-refractivity contribution is 5.94. The van der Waals surface area contributed by atoms with Gasteiger partial charge in [0.05, 0.1) is 6.10 Å². The van der Waals surface area contributed by atoms with Crippen molar-refractivity contribution in [1.82, 2.24) is 4.90 Å². The molecule has 0 heterocycles. The number of benzene rings is 1. The van der Waals surface area contributed by atoms with Gasteiger partial charge in [0.1, 0.15) is 5.75 Å². The molecule has 1 aromatic rings. The van der Waals surface area contributed by atoms with Crippen LogP contribution in [0.2, 0.25) is 0 Å². The number of rotatable bonds is 4. The third kappa shape index (κ3) is 3.75. The summed E-state index contributed by atoms with van der Waals surface area (Å²) in [7, 11) is 1.93. The molecule has 2 rings (SSSR count). The van der Waals surface area contributed by atoms with Gasteiger partial charge in [0, 0.05) is 18.7 Å². The van der Waals surface area contributed by atoms with Crippen LogP contribution in [0.4, 0.5) is 0 Å². The minimum Gasteiger partial charge on any atom is -0.491 e. The number of amides is 1. The number of carbonyl (C=O) groups excluding carboxylic acids is 1. The normalized spacial score (nSPS) is 16.2. The molecule has 0 aromatic heterocycles. The van der Waals surface area contributed by atoms with Gasteiger partial charge in [-0.1, -0.05) is 19.3 Å². The molecule has 1 aliphatic rings. The molecule has 20 heavy (non-hydrogen) atoms. The van der Waals surface area contributed by atoms with Crippen molar-refractivity contribution >= 4 is 5.91 Å². The van der Waals surface area contributed by atoms with Gasteiger partial charge in [-0.05, 0) is 51.0 Å². The third-order valence-corrected chi connectivity index (χ3v) is 3.92. The van der Waals surface area contributed by atoms with Crippen LogP contribution in [0.15, 0.2) is 24.3 Å². The zero-order valence-corrected chi connectivity index (χ0v) is 12.8. The van der Waals surface area contributed by atoms with Crippen molar-refractivity contribution in [3.63, 3.8) is 0 Å². The molecule has 3 nitrogen and oxygen atoms in total. The lowest BCUT2D eigenvalue weighted by molar-refractivity contribution is 0.0696. The van der Waals surface area contributed by atoms with Crippen LogP contribution in [0.3, 0.4) is 0 Å². The lowest BCUT2D eigenvalue weighted by Crippen LogP contribution is -2.38. The fourth-order valence-electron chi connectivity index (χ4n) is 2.79. The van der Waals surface area contributed by atoms with Crippen LogP contribution in [-0.4, -0.2) is 30.0 Å². The van der Waals surface area contributed by atoms with Crippen molar-refractivity contribution < 1.29 is 9.53 Å². The van der Waals surface area contributed by atoms with Gasteiger partial charge in [-0.25, -0.2) is 0 Å². The van der Waals surface area contributed by atoms with Gasteiger partial charge in [-0.15, -0.1) is 0 Å². The Kier molecular flexibility index (Phi) is 5.05. The van der Waals surface area contributed by atoms with E-state index in [0.717, 1.165) is 24.2 Å². The molecular formula is C17H25NO2. The highest BCUT2D eigenvalue weighted by Gasteiger charge is 2.22. The first-order valence-electron chi connectivity index (χ1n) is 7.62. The van der Waals surface area contributed by atoms with Crippen molar-refractivity contribution in [3.05, 3.63) is 29.8 Å². The summed E-state index contributed by atoms with van der Waals surface area (Å²) in [6, 6.07) is 7.88.